The average molecular weight is 270 g/mol. The molecule has 0 spiro atoms. The largest absolute Gasteiger partial charge is 0.392 e. The molecule has 3 N–H and O–H groups in total. The second-order valence-corrected chi connectivity index (χ2v) is 5.96. The minimum absolute atomic E-state index is 0.129. The lowest BCUT2D eigenvalue weighted by molar-refractivity contribution is -0.126. The standard InChI is InChI=1S/C14H26N2OS/c1-3-4-5-11-6-8-12(9-7-11)14(17)16-10(2)13(15)18/h10-12H,3-9H2,1-2H3,(H2,15,18)(H,16,17). The second-order valence-electron chi connectivity index (χ2n) is 5.49. The molecule has 0 saturated heterocycles. The van der Waals surface area contributed by atoms with Crippen LogP contribution in [0.4, 0.5) is 0 Å². The quantitative estimate of drug-likeness (QED) is 0.730. The first-order chi connectivity index (χ1) is 8.54. The smallest absolute Gasteiger partial charge is 0.223 e. The number of hydrogen-bond donors (Lipinski definition) is 2. The van der Waals surface area contributed by atoms with Crippen LogP contribution in [0, 0.1) is 11.8 Å². The highest BCUT2D eigenvalue weighted by molar-refractivity contribution is 7.80. The summed E-state index contributed by atoms with van der Waals surface area (Å²) in [6.07, 6.45) is 8.34. The maximum atomic E-state index is 12.0. The molecule has 1 amide bonds. The zero-order valence-electron chi connectivity index (χ0n) is 11.6. The predicted octanol–water partition coefficient (Wildman–Crippen LogP) is 2.77. The maximum absolute atomic E-state index is 12.0. The minimum atomic E-state index is -0.190. The molecule has 0 heterocycles. The molecule has 1 fully saturated rings. The molecule has 1 saturated carbocycles. The van der Waals surface area contributed by atoms with Gasteiger partial charge in [0.25, 0.3) is 0 Å². The van der Waals surface area contributed by atoms with Gasteiger partial charge in [-0.2, -0.15) is 0 Å². The van der Waals surface area contributed by atoms with Gasteiger partial charge < -0.3 is 11.1 Å². The van der Waals surface area contributed by atoms with Crippen LogP contribution in [0.2, 0.25) is 0 Å². The monoisotopic (exact) mass is 270 g/mol. The zero-order valence-corrected chi connectivity index (χ0v) is 12.4. The second kappa shape index (κ2) is 7.72. The molecule has 1 aliphatic carbocycles. The topological polar surface area (TPSA) is 55.1 Å². The van der Waals surface area contributed by atoms with Gasteiger partial charge in [-0.25, -0.2) is 0 Å². The Hall–Kier alpha value is -0.640. The van der Waals surface area contributed by atoms with Gasteiger partial charge in [-0.3, -0.25) is 4.79 Å². The number of hydrogen-bond acceptors (Lipinski definition) is 2. The van der Waals surface area contributed by atoms with E-state index in [2.05, 4.69) is 12.2 Å². The van der Waals surface area contributed by atoms with Crippen molar-refractivity contribution >= 4 is 23.1 Å². The van der Waals surface area contributed by atoms with Crippen LogP contribution in [0.1, 0.15) is 58.8 Å². The Morgan fingerprint density at radius 3 is 2.50 bits per heavy atom. The molecule has 1 atom stereocenters. The van der Waals surface area contributed by atoms with E-state index < -0.39 is 0 Å². The van der Waals surface area contributed by atoms with Crippen LogP contribution in [0.5, 0.6) is 0 Å². The molecule has 104 valence electrons. The van der Waals surface area contributed by atoms with Gasteiger partial charge >= 0.3 is 0 Å². The first-order valence-corrected chi connectivity index (χ1v) is 7.55. The number of rotatable bonds is 6. The van der Waals surface area contributed by atoms with Gasteiger partial charge in [-0.15, -0.1) is 0 Å². The van der Waals surface area contributed by atoms with E-state index in [0.29, 0.717) is 4.99 Å². The van der Waals surface area contributed by atoms with Gasteiger partial charge in [0.1, 0.15) is 0 Å². The zero-order chi connectivity index (χ0) is 13.5. The number of nitrogens with two attached hydrogens (primary N) is 1. The number of nitrogens with one attached hydrogen (secondary N) is 1. The molecule has 1 unspecified atom stereocenters. The molecular formula is C14H26N2OS. The number of carbonyl (C=O) groups is 1. The lowest BCUT2D eigenvalue weighted by atomic mass is 9.79. The number of thiocarbonyl (C=S) groups is 1. The SMILES string of the molecule is CCCCC1CCC(C(=O)NC(C)C(N)=S)CC1. The van der Waals surface area contributed by atoms with Crippen molar-refractivity contribution in [2.45, 2.75) is 64.8 Å². The van der Waals surface area contributed by atoms with Crippen LogP contribution in [0.3, 0.4) is 0 Å². The first-order valence-electron chi connectivity index (χ1n) is 7.14. The van der Waals surface area contributed by atoms with E-state index in [4.69, 9.17) is 18.0 Å². The molecule has 18 heavy (non-hydrogen) atoms. The summed E-state index contributed by atoms with van der Waals surface area (Å²) in [7, 11) is 0. The Labute approximate surface area is 116 Å². The molecule has 0 radical (unpaired) electrons. The third-order valence-corrected chi connectivity index (χ3v) is 4.32. The summed E-state index contributed by atoms with van der Waals surface area (Å²) in [4.78, 5) is 12.4. The van der Waals surface area contributed by atoms with Crippen molar-refractivity contribution in [3.8, 4) is 0 Å². The maximum Gasteiger partial charge on any atom is 0.223 e. The summed E-state index contributed by atoms with van der Waals surface area (Å²) in [5.41, 5.74) is 5.51. The number of unbranched alkanes of at least 4 members (excludes halogenated alkanes) is 1. The summed E-state index contributed by atoms with van der Waals surface area (Å²) in [6.45, 7) is 4.07. The van der Waals surface area contributed by atoms with Crippen LogP contribution in [0.15, 0.2) is 0 Å². The fraction of sp³-hybridized carbons (Fsp3) is 0.857. The summed E-state index contributed by atoms with van der Waals surface area (Å²) in [5.74, 6) is 1.13. The summed E-state index contributed by atoms with van der Waals surface area (Å²) < 4.78 is 0. The normalized spacial score (nSPS) is 25.4. The highest BCUT2D eigenvalue weighted by Gasteiger charge is 2.26. The fourth-order valence-electron chi connectivity index (χ4n) is 2.61. The van der Waals surface area contributed by atoms with Crippen molar-refractivity contribution in [1.29, 1.82) is 0 Å². The Kier molecular flexibility index (Phi) is 6.61. The van der Waals surface area contributed by atoms with Gasteiger partial charge in [0.05, 0.1) is 11.0 Å². The summed E-state index contributed by atoms with van der Waals surface area (Å²) in [5, 5.41) is 2.90. The van der Waals surface area contributed by atoms with Crippen molar-refractivity contribution in [3.05, 3.63) is 0 Å². The molecule has 1 aliphatic rings. The van der Waals surface area contributed by atoms with Gasteiger partial charge in [0.15, 0.2) is 0 Å². The van der Waals surface area contributed by atoms with Crippen molar-refractivity contribution in [1.82, 2.24) is 5.32 Å². The van der Waals surface area contributed by atoms with Crippen molar-refractivity contribution in [3.63, 3.8) is 0 Å². The van der Waals surface area contributed by atoms with Crippen LogP contribution >= 0.6 is 12.2 Å². The molecule has 0 bridgehead atoms. The molecule has 0 aromatic heterocycles. The first kappa shape index (κ1) is 15.4. The van der Waals surface area contributed by atoms with Crippen LogP contribution in [-0.2, 0) is 4.79 Å². The van der Waals surface area contributed by atoms with E-state index in [1.165, 1.54) is 32.1 Å². The van der Waals surface area contributed by atoms with E-state index in [1.807, 2.05) is 6.92 Å². The van der Waals surface area contributed by atoms with E-state index >= 15 is 0 Å². The lowest BCUT2D eigenvalue weighted by Crippen LogP contribution is -2.44. The average Bonchev–Trinajstić information content (AvgIpc) is 2.36. The molecule has 4 heteroatoms. The van der Waals surface area contributed by atoms with Gasteiger partial charge in [-0.05, 0) is 38.5 Å². The van der Waals surface area contributed by atoms with Gasteiger partial charge in [0.2, 0.25) is 5.91 Å². The molecule has 3 nitrogen and oxygen atoms in total. The number of carbonyl (C=O) groups excluding carboxylic acids is 1. The fourth-order valence-corrected chi connectivity index (χ4v) is 2.67. The van der Waals surface area contributed by atoms with E-state index in [1.54, 1.807) is 0 Å². The van der Waals surface area contributed by atoms with E-state index in [-0.39, 0.29) is 17.9 Å². The Morgan fingerprint density at radius 1 is 1.39 bits per heavy atom. The third kappa shape index (κ3) is 4.92. The Morgan fingerprint density at radius 2 is 2.00 bits per heavy atom. The summed E-state index contributed by atoms with van der Waals surface area (Å²) >= 11 is 4.87. The highest BCUT2D eigenvalue weighted by atomic mass is 32.1. The molecule has 0 aromatic rings. The van der Waals surface area contributed by atoms with Crippen LogP contribution in [-0.4, -0.2) is 16.9 Å². The van der Waals surface area contributed by atoms with Gasteiger partial charge in [0, 0.05) is 5.92 Å². The van der Waals surface area contributed by atoms with Crippen molar-refractivity contribution < 1.29 is 4.79 Å². The van der Waals surface area contributed by atoms with E-state index in [0.717, 1.165) is 18.8 Å². The molecular weight excluding hydrogens is 244 g/mol. The lowest BCUT2D eigenvalue weighted by Gasteiger charge is -2.28. The predicted molar refractivity (Wildman–Crippen MR) is 79.4 cm³/mol. The Bertz CT molecular complexity index is 286. The van der Waals surface area contributed by atoms with Crippen LogP contribution < -0.4 is 11.1 Å². The van der Waals surface area contributed by atoms with Crippen LogP contribution in [0.25, 0.3) is 0 Å². The van der Waals surface area contributed by atoms with E-state index in [9.17, 15) is 4.79 Å². The van der Waals surface area contributed by atoms with Crippen molar-refractivity contribution in [2.24, 2.45) is 17.6 Å². The third-order valence-electron chi connectivity index (χ3n) is 3.97. The molecule has 1 rings (SSSR count). The Balaban J connectivity index is 2.29. The minimum Gasteiger partial charge on any atom is -0.392 e. The molecule has 0 aliphatic heterocycles. The molecule has 0 aromatic carbocycles. The highest BCUT2D eigenvalue weighted by Crippen LogP contribution is 2.31. The summed E-state index contributed by atoms with van der Waals surface area (Å²) in [6, 6.07) is -0.190. The van der Waals surface area contributed by atoms with Gasteiger partial charge in [-0.1, -0.05) is 38.4 Å². The number of amides is 1. The van der Waals surface area contributed by atoms with Crippen molar-refractivity contribution in [2.75, 3.05) is 0 Å².